The molecule has 0 atom stereocenters. The van der Waals surface area contributed by atoms with E-state index < -0.39 is 0 Å². The highest BCUT2D eigenvalue weighted by Gasteiger charge is 2.54. The molecule has 8 saturated carbocycles. The van der Waals surface area contributed by atoms with Crippen molar-refractivity contribution in [1.29, 1.82) is 0 Å². The summed E-state index contributed by atoms with van der Waals surface area (Å²) in [5.74, 6) is 5.34. The first-order valence-corrected chi connectivity index (χ1v) is 27.1. The molecule has 0 unspecified atom stereocenters. The third-order valence-corrected chi connectivity index (χ3v) is 20.6. The highest BCUT2D eigenvalue weighted by atomic mass is 16.3. The molecule has 8 bridgehead atoms. The van der Waals surface area contributed by atoms with Crippen LogP contribution in [0.2, 0.25) is 0 Å². The van der Waals surface area contributed by atoms with Crippen molar-refractivity contribution in [1.82, 2.24) is 4.57 Å². The van der Waals surface area contributed by atoms with Gasteiger partial charge in [-0.2, -0.15) is 0 Å². The number of hydrogen-bond acceptors (Lipinski definition) is 2. The van der Waals surface area contributed by atoms with Crippen LogP contribution in [-0.2, 0) is 10.8 Å². The predicted octanol–water partition coefficient (Wildman–Crippen LogP) is 15.7. The van der Waals surface area contributed by atoms with Crippen LogP contribution in [-0.4, -0.2) is 11.4 Å². The molecule has 4 heterocycles. The Labute approximate surface area is 409 Å². The van der Waals surface area contributed by atoms with Crippen LogP contribution in [0.15, 0.2) is 156 Å². The van der Waals surface area contributed by atoms with Crippen LogP contribution >= 0.6 is 0 Å². The maximum absolute atomic E-state index is 6.82. The zero-order valence-corrected chi connectivity index (χ0v) is 39.8. The number of anilines is 2. The molecule has 0 amide bonds. The predicted molar refractivity (Wildman–Crippen MR) is 290 cm³/mol. The van der Waals surface area contributed by atoms with Crippen molar-refractivity contribution >= 4 is 83.7 Å². The van der Waals surface area contributed by atoms with Crippen molar-refractivity contribution in [2.75, 3.05) is 4.81 Å². The third kappa shape index (κ3) is 4.98. The van der Waals surface area contributed by atoms with Crippen LogP contribution in [0.4, 0.5) is 11.4 Å². The first kappa shape index (κ1) is 38.3. The molecule has 10 aliphatic rings. The minimum atomic E-state index is -0.0534. The van der Waals surface area contributed by atoms with Gasteiger partial charge in [-0.15, -0.1) is 0 Å². The van der Waals surface area contributed by atoms with Crippen LogP contribution in [0.3, 0.4) is 0 Å². The molecule has 0 N–H and O–H groups in total. The summed E-state index contributed by atoms with van der Waals surface area (Å²) in [6, 6.07) is 59.3. The smallest absolute Gasteiger partial charge is 0.333 e. The second-order valence-corrected chi connectivity index (χ2v) is 24.5. The molecule has 0 radical (unpaired) electrons. The molecule has 0 spiro atoms. The van der Waals surface area contributed by atoms with Gasteiger partial charge >= 0.3 is 6.85 Å². The molecular formula is C66H55BN2O. The number of para-hydroxylation sites is 1. The number of fused-ring (bicyclic) bond motifs is 12. The van der Waals surface area contributed by atoms with E-state index >= 15 is 0 Å². The summed E-state index contributed by atoms with van der Waals surface area (Å²) in [5, 5.41) is 7.96. The molecule has 8 aliphatic carbocycles. The molecule has 10 aromatic rings. The lowest BCUT2D eigenvalue weighted by atomic mass is 9.42. The summed E-state index contributed by atoms with van der Waals surface area (Å²) >= 11 is 0. The Bertz CT molecular complexity index is 3860. The van der Waals surface area contributed by atoms with Gasteiger partial charge in [0.2, 0.25) is 0 Å². The Morgan fingerprint density at radius 1 is 0.457 bits per heavy atom. The van der Waals surface area contributed by atoms with Crippen molar-refractivity contribution in [2.45, 2.75) is 87.9 Å². The Morgan fingerprint density at radius 2 is 1.07 bits per heavy atom. The fraction of sp³-hybridized carbons (Fsp3) is 0.303. The van der Waals surface area contributed by atoms with Gasteiger partial charge in [0.1, 0.15) is 11.2 Å². The van der Waals surface area contributed by atoms with E-state index in [1.54, 1.807) is 11.1 Å². The molecule has 3 nitrogen and oxygen atoms in total. The standard InChI is InChI=1S/C66H55BN2O/c1-2-8-44(9-3-1)45-14-17-49(18-15-45)69-59-31-61-54(51-12-6-7-13-60(51)70-61)30-53(59)55-26-46-10-4-5-11-50(46)64-62(55)67(69)57-29-48(66-35-41-23-42(36-66)25-43(24-41)37-66)28-56-52-27-47(16-19-58(52)68(64)63(56)57)65-32-38-20-39(33-65)22-40(21-38)34-65/h1-19,26-31,38-43H,20-25,32-37H2. The zero-order valence-electron chi connectivity index (χ0n) is 39.8. The molecule has 70 heavy (non-hydrogen) atoms. The molecule has 8 fully saturated rings. The van der Waals surface area contributed by atoms with Crippen molar-refractivity contribution in [3.63, 3.8) is 0 Å². The number of furan rings is 1. The van der Waals surface area contributed by atoms with Crippen LogP contribution in [0.25, 0.3) is 82.5 Å². The maximum Gasteiger partial charge on any atom is 0.333 e. The first-order chi connectivity index (χ1) is 34.5. The maximum atomic E-state index is 6.82. The van der Waals surface area contributed by atoms with Crippen molar-refractivity contribution < 1.29 is 4.42 Å². The summed E-state index contributed by atoms with van der Waals surface area (Å²) < 4.78 is 9.61. The number of aromatic nitrogens is 1. The van der Waals surface area contributed by atoms with Crippen molar-refractivity contribution in [2.24, 2.45) is 35.5 Å². The Hall–Kier alpha value is -6.52. The summed E-state index contributed by atoms with van der Waals surface area (Å²) in [5.41, 5.74) is 20.4. The highest BCUT2D eigenvalue weighted by molar-refractivity contribution is 6.94. The van der Waals surface area contributed by atoms with E-state index in [1.807, 2.05) is 0 Å². The molecular weight excluding hydrogens is 848 g/mol. The first-order valence-electron chi connectivity index (χ1n) is 27.1. The molecule has 20 rings (SSSR count). The van der Waals surface area contributed by atoms with E-state index in [4.69, 9.17) is 4.42 Å². The van der Waals surface area contributed by atoms with Crippen LogP contribution in [0.5, 0.6) is 0 Å². The minimum absolute atomic E-state index is 0.0534. The minimum Gasteiger partial charge on any atom is -0.456 e. The van der Waals surface area contributed by atoms with Gasteiger partial charge in [0.05, 0.1) is 16.7 Å². The molecule has 4 heteroatoms. The molecule has 338 valence electrons. The normalized spacial score (nSPS) is 28.5. The zero-order chi connectivity index (χ0) is 45.2. The largest absolute Gasteiger partial charge is 0.456 e. The number of hydrogen-bond donors (Lipinski definition) is 0. The van der Waals surface area contributed by atoms with Crippen molar-refractivity contribution in [3.8, 4) is 27.9 Å². The van der Waals surface area contributed by atoms with Gasteiger partial charge in [-0.25, -0.2) is 0 Å². The lowest BCUT2D eigenvalue weighted by Gasteiger charge is -2.57. The lowest BCUT2D eigenvalue weighted by Crippen LogP contribution is -2.61. The summed E-state index contributed by atoms with van der Waals surface area (Å²) in [4.78, 5) is 2.75. The topological polar surface area (TPSA) is 21.3 Å². The van der Waals surface area contributed by atoms with E-state index in [0.29, 0.717) is 5.41 Å². The Kier molecular flexibility index (Phi) is 7.25. The van der Waals surface area contributed by atoms with Gasteiger partial charge < -0.3 is 13.8 Å². The van der Waals surface area contributed by atoms with E-state index in [0.717, 1.165) is 46.7 Å². The van der Waals surface area contributed by atoms with Crippen molar-refractivity contribution in [3.05, 3.63) is 163 Å². The number of benzene rings is 8. The molecule has 2 aliphatic heterocycles. The summed E-state index contributed by atoms with van der Waals surface area (Å²) in [6.07, 6.45) is 17.0. The van der Waals surface area contributed by atoms with Crippen LogP contribution < -0.4 is 15.7 Å². The quantitative estimate of drug-likeness (QED) is 0.164. The van der Waals surface area contributed by atoms with E-state index in [2.05, 4.69) is 161 Å². The Balaban J connectivity index is 0.969. The lowest BCUT2D eigenvalue weighted by molar-refractivity contribution is -0.00526. The van der Waals surface area contributed by atoms with E-state index in [9.17, 15) is 0 Å². The van der Waals surface area contributed by atoms with E-state index in [-0.39, 0.29) is 12.3 Å². The van der Waals surface area contributed by atoms with Gasteiger partial charge in [0.15, 0.2) is 0 Å². The second-order valence-electron chi connectivity index (χ2n) is 24.5. The molecule has 0 saturated heterocycles. The third-order valence-electron chi connectivity index (χ3n) is 20.6. The fourth-order valence-corrected chi connectivity index (χ4v) is 18.7. The van der Waals surface area contributed by atoms with Crippen LogP contribution in [0, 0.1) is 35.5 Å². The second kappa shape index (κ2) is 13.3. The monoisotopic (exact) mass is 902 g/mol. The van der Waals surface area contributed by atoms with Gasteiger partial charge in [-0.05, 0) is 216 Å². The van der Waals surface area contributed by atoms with Gasteiger partial charge in [0.25, 0.3) is 0 Å². The van der Waals surface area contributed by atoms with Gasteiger partial charge in [0, 0.05) is 49.9 Å². The SMILES string of the molecule is c1ccc(-c2ccc(N3B4c5c(cc6ccccc6c5-n5c6ccc(C78CC9CC(CC(C9)C7)C8)cc6c6cc(C78CC9CC(CC(C9)C7)C8)cc4c65)-c4cc5c(cc43)oc3ccccc35)cc2)cc1. The number of nitrogens with zero attached hydrogens (tertiary/aromatic N) is 2. The van der Waals surface area contributed by atoms with E-state index in [1.165, 1.54) is 171 Å². The fourth-order valence-electron chi connectivity index (χ4n) is 18.7. The Morgan fingerprint density at radius 3 is 1.79 bits per heavy atom. The molecule has 8 aromatic carbocycles. The highest BCUT2D eigenvalue weighted by Crippen LogP contribution is 2.63. The average Bonchev–Trinajstić information content (AvgIpc) is 3.91. The van der Waals surface area contributed by atoms with Gasteiger partial charge in [-0.1, -0.05) is 97.1 Å². The summed E-state index contributed by atoms with van der Waals surface area (Å²) in [7, 11) is 0. The average molecular weight is 903 g/mol. The van der Waals surface area contributed by atoms with Gasteiger partial charge in [-0.3, -0.25) is 0 Å². The number of rotatable bonds is 4. The molecule has 2 aromatic heterocycles. The van der Waals surface area contributed by atoms with Crippen LogP contribution in [0.1, 0.15) is 88.2 Å². The summed E-state index contributed by atoms with van der Waals surface area (Å²) in [6.45, 7) is -0.0534.